The molecule has 2 unspecified atom stereocenters. The summed E-state index contributed by atoms with van der Waals surface area (Å²) in [4.78, 5) is 1.56. The zero-order valence-corrected chi connectivity index (χ0v) is 15.2. The van der Waals surface area contributed by atoms with Crippen molar-refractivity contribution in [1.29, 1.82) is 0 Å². The van der Waals surface area contributed by atoms with Crippen LogP contribution in [0.5, 0.6) is 0 Å². The maximum Gasteiger partial charge on any atom is 0.312 e. The number of benzene rings is 2. The summed E-state index contributed by atoms with van der Waals surface area (Å²) >= 11 is 8.41. The molecular weight excluding hydrogens is 377 g/mol. The molecule has 0 bridgehead atoms. The van der Waals surface area contributed by atoms with Crippen LogP contribution in [0.4, 0.5) is 13.2 Å². The number of rotatable bonds is 3. The second-order valence-corrected chi connectivity index (χ2v) is 8.00. The Balaban J connectivity index is 2.12. The lowest BCUT2D eigenvalue weighted by Crippen LogP contribution is -2.24. The molecule has 0 saturated heterocycles. The molecule has 1 aliphatic rings. The molecule has 0 fully saturated rings. The van der Waals surface area contributed by atoms with E-state index in [1.54, 1.807) is 30.5 Å². The van der Waals surface area contributed by atoms with Crippen LogP contribution in [0.15, 0.2) is 45.0 Å². The van der Waals surface area contributed by atoms with Gasteiger partial charge in [0.2, 0.25) is 0 Å². The molecule has 1 aliphatic carbocycles. The van der Waals surface area contributed by atoms with Crippen LogP contribution < -0.4 is 0 Å². The lowest BCUT2D eigenvalue weighted by atomic mass is 10.1. The number of hydrogen-bond acceptors (Lipinski definition) is 3. The van der Waals surface area contributed by atoms with E-state index >= 15 is 0 Å². The van der Waals surface area contributed by atoms with Crippen LogP contribution >= 0.6 is 35.1 Å². The molecule has 2 aromatic rings. The molecule has 2 atom stereocenters. The van der Waals surface area contributed by atoms with E-state index in [2.05, 4.69) is 0 Å². The van der Waals surface area contributed by atoms with E-state index < -0.39 is 18.2 Å². The first-order valence-electron chi connectivity index (χ1n) is 7.11. The largest absolute Gasteiger partial charge is 0.382 e. The fraction of sp³-hybridized carbons (Fsp3) is 0.294. The first kappa shape index (κ1) is 18.0. The molecule has 128 valence electrons. The van der Waals surface area contributed by atoms with Crippen molar-refractivity contribution >= 4 is 35.1 Å². The number of aliphatic hydroxyl groups is 1. The standard InChI is InChI=1S/C17H14ClF3OS2/c1-8-5-9(18)7-10(6-8)24-12-4-3-11(23-2)14-13(12)15(19)17(20,21)16(14)22/h3-7,15-16,22H,1-2H3. The van der Waals surface area contributed by atoms with Crippen LogP contribution in [0, 0.1) is 6.92 Å². The number of thioether (sulfide) groups is 1. The highest BCUT2D eigenvalue weighted by Gasteiger charge is 2.57. The Morgan fingerprint density at radius 1 is 1.12 bits per heavy atom. The van der Waals surface area contributed by atoms with Gasteiger partial charge in [-0.2, -0.15) is 8.78 Å². The molecule has 1 N–H and O–H groups in total. The number of hydrogen-bond donors (Lipinski definition) is 1. The van der Waals surface area contributed by atoms with Crippen LogP contribution in [0.25, 0.3) is 0 Å². The van der Waals surface area contributed by atoms with E-state index in [9.17, 15) is 18.3 Å². The van der Waals surface area contributed by atoms with Crippen molar-refractivity contribution in [3.8, 4) is 0 Å². The van der Waals surface area contributed by atoms with E-state index in [1.807, 2.05) is 13.0 Å². The lowest BCUT2D eigenvalue weighted by molar-refractivity contribution is -0.144. The monoisotopic (exact) mass is 390 g/mol. The third kappa shape index (κ3) is 2.94. The molecule has 7 heteroatoms. The van der Waals surface area contributed by atoms with Crippen molar-refractivity contribution < 1.29 is 18.3 Å². The van der Waals surface area contributed by atoms with Gasteiger partial charge in [0.15, 0.2) is 6.17 Å². The van der Waals surface area contributed by atoms with Gasteiger partial charge in [0, 0.05) is 30.8 Å². The number of fused-ring (bicyclic) bond motifs is 1. The van der Waals surface area contributed by atoms with Gasteiger partial charge >= 0.3 is 5.92 Å². The molecule has 1 nitrogen and oxygen atoms in total. The molecule has 0 radical (unpaired) electrons. The second kappa shape index (κ2) is 6.48. The van der Waals surface area contributed by atoms with Crippen molar-refractivity contribution in [3.63, 3.8) is 0 Å². The van der Waals surface area contributed by atoms with Crippen LogP contribution in [0.3, 0.4) is 0 Å². The van der Waals surface area contributed by atoms with Crippen molar-refractivity contribution in [2.45, 2.75) is 39.8 Å². The van der Waals surface area contributed by atoms with Crippen molar-refractivity contribution in [1.82, 2.24) is 0 Å². The van der Waals surface area contributed by atoms with E-state index in [-0.39, 0.29) is 11.1 Å². The van der Waals surface area contributed by atoms with Gasteiger partial charge in [-0.15, -0.1) is 11.8 Å². The van der Waals surface area contributed by atoms with Crippen LogP contribution in [-0.4, -0.2) is 17.3 Å². The molecule has 3 rings (SSSR count). The predicted molar refractivity (Wildman–Crippen MR) is 92.3 cm³/mol. The van der Waals surface area contributed by atoms with Gasteiger partial charge in [-0.1, -0.05) is 23.4 Å². The average molecular weight is 391 g/mol. The Morgan fingerprint density at radius 3 is 2.42 bits per heavy atom. The van der Waals surface area contributed by atoms with Crippen molar-refractivity contribution in [3.05, 3.63) is 52.0 Å². The molecule has 0 amide bonds. The van der Waals surface area contributed by atoms with Crippen LogP contribution in [0.2, 0.25) is 5.02 Å². The Morgan fingerprint density at radius 2 is 1.79 bits per heavy atom. The van der Waals surface area contributed by atoms with Crippen molar-refractivity contribution in [2.75, 3.05) is 6.26 Å². The fourth-order valence-electron chi connectivity index (χ4n) is 2.82. The van der Waals surface area contributed by atoms with Gasteiger partial charge in [-0.3, -0.25) is 0 Å². The smallest absolute Gasteiger partial charge is 0.312 e. The number of aliphatic hydroxyl groups excluding tert-OH is 1. The molecule has 0 spiro atoms. The van der Waals surface area contributed by atoms with Crippen molar-refractivity contribution in [2.24, 2.45) is 0 Å². The highest BCUT2D eigenvalue weighted by Crippen LogP contribution is 2.57. The van der Waals surface area contributed by atoms with Gasteiger partial charge in [0.25, 0.3) is 0 Å². The number of alkyl halides is 3. The molecule has 0 aromatic heterocycles. The Bertz CT molecular complexity index is 777. The third-order valence-corrected chi connectivity index (χ3v) is 5.96. The van der Waals surface area contributed by atoms with E-state index in [0.717, 1.165) is 10.5 Å². The highest BCUT2D eigenvalue weighted by molar-refractivity contribution is 7.99. The first-order valence-corrected chi connectivity index (χ1v) is 9.53. The summed E-state index contributed by atoms with van der Waals surface area (Å²) in [5.74, 6) is -3.83. The van der Waals surface area contributed by atoms with Gasteiger partial charge in [0.1, 0.15) is 6.10 Å². The topological polar surface area (TPSA) is 20.2 Å². The van der Waals surface area contributed by atoms with Gasteiger partial charge < -0.3 is 5.11 Å². The minimum atomic E-state index is -3.83. The van der Waals surface area contributed by atoms with Gasteiger partial charge in [-0.05, 0) is 49.1 Å². The maximum absolute atomic E-state index is 14.4. The Labute approximate surface area is 151 Å². The summed E-state index contributed by atoms with van der Waals surface area (Å²) in [5.41, 5.74) is 0.787. The van der Waals surface area contributed by atoms with E-state index in [1.165, 1.54) is 23.5 Å². The fourth-order valence-corrected chi connectivity index (χ4v) is 4.96. The summed E-state index contributed by atoms with van der Waals surface area (Å²) in [7, 11) is 0. The normalized spacial score (nSPS) is 21.8. The molecule has 24 heavy (non-hydrogen) atoms. The Hall–Kier alpha value is -0.820. The highest BCUT2D eigenvalue weighted by atomic mass is 35.5. The maximum atomic E-state index is 14.4. The molecule has 2 aromatic carbocycles. The van der Waals surface area contributed by atoms with E-state index in [0.29, 0.717) is 14.8 Å². The molecule has 0 saturated carbocycles. The zero-order valence-electron chi connectivity index (χ0n) is 12.8. The molecule has 0 aliphatic heterocycles. The third-order valence-electron chi connectivity index (χ3n) is 3.90. The zero-order chi connectivity index (χ0) is 17.6. The second-order valence-electron chi connectivity index (χ2n) is 5.60. The lowest BCUT2D eigenvalue weighted by Gasteiger charge is -2.16. The quantitative estimate of drug-likeness (QED) is 0.629. The molecular formula is C17H14ClF3OS2. The average Bonchev–Trinajstić information content (AvgIpc) is 2.68. The summed E-state index contributed by atoms with van der Waals surface area (Å²) in [6.45, 7) is 1.87. The summed E-state index contributed by atoms with van der Waals surface area (Å²) in [6, 6.07) is 8.59. The number of aryl methyl sites for hydroxylation is 1. The van der Waals surface area contributed by atoms with E-state index in [4.69, 9.17) is 11.6 Å². The predicted octanol–water partition coefficient (Wildman–Crippen LogP) is 6.21. The number of halogens is 4. The van der Waals surface area contributed by atoms with Gasteiger partial charge in [-0.25, -0.2) is 4.39 Å². The summed E-state index contributed by atoms with van der Waals surface area (Å²) in [6.07, 6.45) is -2.96. The van der Waals surface area contributed by atoms with Gasteiger partial charge in [0.05, 0.1) is 0 Å². The SMILES string of the molecule is CSc1ccc(Sc2cc(C)cc(Cl)c2)c2c1C(O)C(F)(F)C2F. The first-order chi connectivity index (χ1) is 11.3. The minimum absolute atomic E-state index is 0.0104. The van der Waals surface area contributed by atoms with Crippen LogP contribution in [0.1, 0.15) is 29.0 Å². The summed E-state index contributed by atoms with van der Waals surface area (Å²) < 4.78 is 42.5. The van der Waals surface area contributed by atoms with Crippen LogP contribution in [-0.2, 0) is 0 Å². The Kier molecular flexibility index (Phi) is 4.86. The molecule has 0 heterocycles. The summed E-state index contributed by atoms with van der Waals surface area (Å²) in [5, 5.41) is 10.5. The minimum Gasteiger partial charge on any atom is -0.382 e.